The second-order valence-corrected chi connectivity index (χ2v) is 3.91. The molecule has 0 aliphatic carbocycles. The molecule has 0 spiro atoms. The van der Waals surface area contributed by atoms with Crippen molar-refractivity contribution in [3.05, 3.63) is 36.0 Å². The Morgan fingerprint density at radius 3 is 2.40 bits per heavy atom. The molecule has 2 aromatic rings. The second kappa shape index (κ2) is 3.77. The maximum atomic E-state index is 5.84. The molecule has 0 unspecified atom stereocenters. The molecule has 3 heteroatoms. The molecule has 3 nitrogen and oxygen atoms in total. The smallest absolute Gasteiger partial charge is 0.145 e. The van der Waals surface area contributed by atoms with Crippen molar-refractivity contribution in [3.8, 4) is 11.4 Å². The molecule has 0 fully saturated rings. The van der Waals surface area contributed by atoms with Crippen LogP contribution in [0.15, 0.2) is 30.3 Å². The summed E-state index contributed by atoms with van der Waals surface area (Å²) in [6, 6.07) is 10.00. The highest BCUT2D eigenvalue weighted by Crippen LogP contribution is 2.24. The number of nitrogen functional groups attached to an aromatic ring is 1. The summed E-state index contributed by atoms with van der Waals surface area (Å²) in [5.74, 6) is 1.82. The van der Waals surface area contributed by atoms with Crippen LogP contribution in [0.4, 0.5) is 5.82 Å². The number of hydrogen-bond donors (Lipinski definition) is 2. The maximum absolute atomic E-state index is 5.84. The van der Waals surface area contributed by atoms with E-state index in [1.54, 1.807) is 0 Å². The van der Waals surface area contributed by atoms with Gasteiger partial charge >= 0.3 is 0 Å². The van der Waals surface area contributed by atoms with E-state index < -0.39 is 0 Å². The third-order valence-electron chi connectivity index (χ3n) is 2.39. The Balaban J connectivity index is 2.43. The summed E-state index contributed by atoms with van der Waals surface area (Å²) in [5, 5.41) is 0. The van der Waals surface area contributed by atoms with Crippen LogP contribution in [0.2, 0.25) is 0 Å². The molecule has 3 N–H and O–H groups in total. The third kappa shape index (κ3) is 1.86. The average Bonchev–Trinajstić information content (AvgIpc) is 2.62. The maximum Gasteiger partial charge on any atom is 0.145 e. The Bertz CT molecular complexity index is 443. The Hall–Kier alpha value is -1.77. The number of aromatic amines is 1. The van der Waals surface area contributed by atoms with Gasteiger partial charge in [0.25, 0.3) is 0 Å². The zero-order valence-electron chi connectivity index (χ0n) is 8.99. The second-order valence-electron chi connectivity index (χ2n) is 3.91. The van der Waals surface area contributed by atoms with Crippen LogP contribution < -0.4 is 5.73 Å². The van der Waals surface area contributed by atoms with Gasteiger partial charge in [0.05, 0.1) is 5.69 Å². The van der Waals surface area contributed by atoms with Crippen molar-refractivity contribution in [1.29, 1.82) is 0 Å². The highest BCUT2D eigenvalue weighted by atomic mass is 15.0. The molecule has 0 atom stereocenters. The number of H-pyrrole nitrogens is 1. The Morgan fingerprint density at radius 1 is 1.20 bits per heavy atom. The lowest BCUT2D eigenvalue weighted by molar-refractivity contribution is 0.836. The molecule has 1 aromatic heterocycles. The van der Waals surface area contributed by atoms with E-state index in [-0.39, 0.29) is 0 Å². The quantitative estimate of drug-likeness (QED) is 0.785. The number of rotatable bonds is 2. The van der Waals surface area contributed by atoms with Crippen molar-refractivity contribution in [2.45, 2.75) is 19.8 Å². The molecule has 2 rings (SSSR count). The molecule has 78 valence electrons. The van der Waals surface area contributed by atoms with Gasteiger partial charge in [0.1, 0.15) is 11.6 Å². The summed E-state index contributed by atoms with van der Waals surface area (Å²) in [6.07, 6.45) is 0. The fourth-order valence-electron chi connectivity index (χ4n) is 1.57. The summed E-state index contributed by atoms with van der Waals surface area (Å²) >= 11 is 0. The van der Waals surface area contributed by atoms with Gasteiger partial charge in [0.15, 0.2) is 0 Å². The fourth-order valence-corrected chi connectivity index (χ4v) is 1.57. The Labute approximate surface area is 89.4 Å². The van der Waals surface area contributed by atoms with Crippen molar-refractivity contribution in [2.24, 2.45) is 0 Å². The van der Waals surface area contributed by atoms with Crippen LogP contribution >= 0.6 is 0 Å². The summed E-state index contributed by atoms with van der Waals surface area (Å²) < 4.78 is 0. The van der Waals surface area contributed by atoms with Crippen LogP contribution in [0, 0.1) is 0 Å². The van der Waals surface area contributed by atoms with E-state index in [4.69, 9.17) is 5.73 Å². The van der Waals surface area contributed by atoms with Crippen molar-refractivity contribution in [3.63, 3.8) is 0 Å². The van der Waals surface area contributed by atoms with Crippen LogP contribution in [0.25, 0.3) is 11.4 Å². The van der Waals surface area contributed by atoms with Crippen LogP contribution in [0.3, 0.4) is 0 Å². The predicted octanol–water partition coefficient (Wildman–Crippen LogP) is 2.78. The molecule has 0 aliphatic rings. The Kier molecular flexibility index (Phi) is 2.46. The van der Waals surface area contributed by atoms with Crippen LogP contribution in [0.1, 0.15) is 25.5 Å². The van der Waals surface area contributed by atoms with Gasteiger partial charge in [-0.25, -0.2) is 4.98 Å². The lowest BCUT2D eigenvalue weighted by Gasteiger charge is -2.00. The van der Waals surface area contributed by atoms with Gasteiger partial charge in [-0.15, -0.1) is 0 Å². The molecule has 1 heterocycles. The largest absolute Gasteiger partial charge is 0.382 e. The molecule has 0 saturated carbocycles. The molecule has 0 bridgehead atoms. The molecule has 1 aromatic carbocycles. The third-order valence-corrected chi connectivity index (χ3v) is 2.39. The minimum absolute atomic E-state index is 0.370. The zero-order valence-corrected chi connectivity index (χ0v) is 8.99. The first-order chi connectivity index (χ1) is 7.18. The standard InChI is InChI=1S/C12H15N3/c1-8(2)10-11(13)15-12(14-10)9-6-4-3-5-7-9/h3-8H,13H2,1-2H3,(H,14,15). The van der Waals surface area contributed by atoms with E-state index in [1.807, 2.05) is 30.3 Å². The number of nitrogens with two attached hydrogens (primary N) is 1. The van der Waals surface area contributed by atoms with E-state index in [1.165, 1.54) is 0 Å². The van der Waals surface area contributed by atoms with Gasteiger partial charge in [0.2, 0.25) is 0 Å². The first kappa shape index (κ1) is 9.77. The zero-order chi connectivity index (χ0) is 10.8. The lowest BCUT2D eigenvalue weighted by Crippen LogP contribution is -1.94. The summed E-state index contributed by atoms with van der Waals surface area (Å²) in [6.45, 7) is 4.19. The van der Waals surface area contributed by atoms with Crippen LogP contribution in [0.5, 0.6) is 0 Å². The normalized spacial score (nSPS) is 10.9. The van der Waals surface area contributed by atoms with E-state index in [0.717, 1.165) is 17.1 Å². The van der Waals surface area contributed by atoms with Gasteiger partial charge in [-0.2, -0.15) is 0 Å². The van der Waals surface area contributed by atoms with Gasteiger partial charge < -0.3 is 10.7 Å². The minimum atomic E-state index is 0.370. The number of benzene rings is 1. The predicted molar refractivity (Wildman–Crippen MR) is 62.5 cm³/mol. The topological polar surface area (TPSA) is 54.7 Å². The van der Waals surface area contributed by atoms with Crippen LogP contribution in [-0.2, 0) is 0 Å². The van der Waals surface area contributed by atoms with Crippen molar-refractivity contribution in [2.75, 3.05) is 5.73 Å². The van der Waals surface area contributed by atoms with Gasteiger partial charge in [-0.3, -0.25) is 0 Å². The average molecular weight is 201 g/mol. The highest BCUT2D eigenvalue weighted by molar-refractivity contribution is 5.59. The lowest BCUT2D eigenvalue weighted by atomic mass is 10.1. The molecule has 15 heavy (non-hydrogen) atoms. The SMILES string of the molecule is CC(C)c1[nH]c(-c2ccccc2)nc1N. The first-order valence-corrected chi connectivity index (χ1v) is 5.09. The minimum Gasteiger partial charge on any atom is -0.382 e. The molecular weight excluding hydrogens is 186 g/mol. The molecule has 0 radical (unpaired) electrons. The molecular formula is C12H15N3. The number of aromatic nitrogens is 2. The van der Waals surface area contributed by atoms with Crippen molar-refractivity contribution >= 4 is 5.82 Å². The summed E-state index contributed by atoms with van der Waals surface area (Å²) in [4.78, 5) is 7.59. The number of nitrogens with one attached hydrogen (secondary N) is 1. The Morgan fingerprint density at radius 2 is 1.87 bits per heavy atom. The number of hydrogen-bond acceptors (Lipinski definition) is 2. The van der Waals surface area contributed by atoms with Crippen molar-refractivity contribution in [1.82, 2.24) is 9.97 Å². The number of anilines is 1. The van der Waals surface area contributed by atoms with Gasteiger partial charge in [-0.05, 0) is 5.92 Å². The van der Waals surface area contributed by atoms with Crippen molar-refractivity contribution < 1.29 is 0 Å². The molecule has 0 amide bonds. The highest BCUT2D eigenvalue weighted by Gasteiger charge is 2.11. The number of imidazole rings is 1. The van der Waals surface area contributed by atoms with Gasteiger partial charge in [-0.1, -0.05) is 44.2 Å². The van der Waals surface area contributed by atoms with E-state index in [9.17, 15) is 0 Å². The fraction of sp³-hybridized carbons (Fsp3) is 0.250. The first-order valence-electron chi connectivity index (χ1n) is 5.09. The van der Waals surface area contributed by atoms with E-state index in [0.29, 0.717) is 11.7 Å². The number of nitrogens with zero attached hydrogens (tertiary/aromatic N) is 1. The summed E-state index contributed by atoms with van der Waals surface area (Å²) in [5.41, 5.74) is 7.91. The molecule has 0 saturated heterocycles. The summed E-state index contributed by atoms with van der Waals surface area (Å²) in [7, 11) is 0. The van der Waals surface area contributed by atoms with Gasteiger partial charge in [0, 0.05) is 5.56 Å². The molecule has 0 aliphatic heterocycles. The monoisotopic (exact) mass is 201 g/mol. The van der Waals surface area contributed by atoms with E-state index in [2.05, 4.69) is 23.8 Å². The van der Waals surface area contributed by atoms with E-state index >= 15 is 0 Å². The van der Waals surface area contributed by atoms with Crippen LogP contribution in [-0.4, -0.2) is 9.97 Å².